The number of aliphatic hydroxyl groups excluding tert-OH is 12. The zero-order chi connectivity index (χ0) is 103. The highest BCUT2D eigenvalue weighted by Crippen LogP contribution is 2.57. The number of allylic oxidation sites excluding steroid dienone is 21. The largest absolute Gasteiger partial charge is 0.756 e. The summed E-state index contributed by atoms with van der Waals surface area (Å²) >= 11 is 0. The van der Waals surface area contributed by atoms with Gasteiger partial charge in [0.1, 0.15) is 104 Å². The lowest BCUT2D eigenvalue weighted by atomic mass is 9.94. The van der Waals surface area contributed by atoms with E-state index >= 15 is 0 Å². The minimum absolute atomic E-state index is 0.481. The molecule has 0 aromatic carbocycles. The topological polar surface area (TPSA) is 660 Å². The molecule has 3 saturated heterocycles. The zero-order valence-electron chi connectivity index (χ0n) is 81.2. The van der Waals surface area contributed by atoms with Crippen LogP contribution in [0.5, 0.6) is 0 Å². The van der Waals surface area contributed by atoms with Gasteiger partial charge in [-0.05, 0) is 212 Å². The SMILES string of the molecule is CC(=O)N[C@H]1[C@@H](OP(=O)([O-])OP(=O)([O-])OC/C=C(/C)CC/C=C(/C)CC/C=C(/C)CC/C=C(/C)CC/C=C(/C)CC/C=C(/C)CC/C=C(/C)CC/C=C(/C)CC/C=C(\C)CC/C=C(\C)CCC=C(C)C)O[C@H](CO)[C@@H](O[C@@H]2O[C@H](CO)[C@@H](OP(=O)([O-])OC[C@H](O)COP(=O)([O-])OC[C@H](O)COP(=O)([O-])OC[C@H](O[C@@H]3O[C@H](CO)[C@@H](O)[C@H](O)[C@H]3NC(C)=O)[C@H](O)[C@H](O)CO)[C@H](O)[C@H]2NC(C)=O)[C@@H]1O. The molecular weight excluding hydrogens is 1900 g/mol. The van der Waals surface area contributed by atoms with Crippen molar-refractivity contribution in [3.05, 3.63) is 128 Å². The van der Waals surface area contributed by atoms with Crippen molar-refractivity contribution in [2.45, 2.75) is 355 Å². The first-order chi connectivity index (χ1) is 64.1. The van der Waals surface area contributed by atoms with E-state index in [9.17, 15) is 123 Å². The van der Waals surface area contributed by atoms with Gasteiger partial charge in [0.05, 0.1) is 66.1 Å². The van der Waals surface area contributed by atoms with E-state index in [0.717, 1.165) is 142 Å². The van der Waals surface area contributed by atoms with Crippen molar-refractivity contribution in [3.8, 4) is 0 Å². The molecule has 0 saturated carbocycles. The lowest BCUT2D eigenvalue weighted by Crippen LogP contribution is -2.69. The number of nitrogens with one attached hydrogen (secondary N) is 3. The fourth-order valence-corrected chi connectivity index (χ4v) is 18.7. The Kier molecular flexibility index (Phi) is 60.1. The minimum atomic E-state index is -6.16. The van der Waals surface area contributed by atoms with Gasteiger partial charge >= 0.3 is 0 Å². The maximum Gasteiger partial charge on any atom is 0.276 e. The van der Waals surface area contributed by atoms with Crippen LogP contribution < -0.4 is 40.4 Å². The molecule has 0 spiro atoms. The molecule has 0 aliphatic carbocycles. The van der Waals surface area contributed by atoms with Crippen LogP contribution in [0.15, 0.2) is 128 Å². The predicted molar refractivity (Wildman–Crippen MR) is 495 cm³/mol. The van der Waals surface area contributed by atoms with Gasteiger partial charge in [-0.1, -0.05) is 128 Å². The molecule has 3 aliphatic heterocycles. The first-order valence-electron chi connectivity index (χ1n) is 45.8. The van der Waals surface area contributed by atoms with Gasteiger partial charge in [-0.25, -0.2) is 4.31 Å². The highest BCUT2D eigenvalue weighted by atomic mass is 31.3. The van der Waals surface area contributed by atoms with Crippen molar-refractivity contribution in [2.75, 3.05) is 66.1 Å². The molecular formula is C90H151N3O39P5-5. The average Bonchev–Trinajstić information content (AvgIpc) is 0.759. The molecule has 0 bridgehead atoms. The third-order valence-electron chi connectivity index (χ3n) is 22.1. The van der Waals surface area contributed by atoms with Crippen molar-refractivity contribution in [2.24, 2.45) is 0 Å². The Balaban J connectivity index is 1.45. The van der Waals surface area contributed by atoms with Crippen LogP contribution in [0.4, 0.5) is 0 Å². The number of phosphoric ester groups is 5. The smallest absolute Gasteiger partial charge is 0.276 e. The second-order valence-corrected chi connectivity index (χ2v) is 42.2. The maximum absolute atomic E-state index is 13.3. The van der Waals surface area contributed by atoms with E-state index < -0.39 is 245 Å². The number of ether oxygens (including phenoxy) is 5. The average molecular weight is 2050 g/mol. The number of rotatable bonds is 67. The van der Waals surface area contributed by atoms with E-state index in [2.05, 4.69) is 173 Å². The summed E-state index contributed by atoms with van der Waals surface area (Å²) in [5.41, 5.74) is 14.6. The van der Waals surface area contributed by atoms with Gasteiger partial charge in [-0.3, -0.25) is 41.7 Å². The molecule has 3 fully saturated rings. The molecule has 5 unspecified atom stereocenters. The minimum Gasteiger partial charge on any atom is -0.756 e. The van der Waals surface area contributed by atoms with E-state index in [1.807, 2.05) is 6.92 Å². The molecule has 137 heavy (non-hydrogen) atoms. The molecule has 25 atom stereocenters. The van der Waals surface area contributed by atoms with Crippen molar-refractivity contribution >= 4 is 56.8 Å². The fraction of sp³-hybridized carbons (Fsp3) is 0.722. The quantitative estimate of drug-likeness (QED) is 0.0231. The summed E-state index contributed by atoms with van der Waals surface area (Å²) in [5.74, 6) is -2.82. The number of aliphatic hydroxyl groups is 12. The third-order valence-corrected chi connectivity index (χ3v) is 27.4. The molecule has 47 heteroatoms. The summed E-state index contributed by atoms with van der Waals surface area (Å²) in [4.78, 5) is 102. The molecule has 3 aliphatic rings. The van der Waals surface area contributed by atoms with Crippen LogP contribution in [-0.4, -0.2) is 268 Å². The Hall–Kier alpha value is -4.54. The number of hydrogen-bond donors (Lipinski definition) is 15. The van der Waals surface area contributed by atoms with Gasteiger partial charge in [0.15, 0.2) is 18.9 Å². The Morgan fingerprint density at radius 2 is 0.642 bits per heavy atom. The Morgan fingerprint density at radius 1 is 0.343 bits per heavy atom. The van der Waals surface area contributed by atoms with Gasteiger partial charge < -0.3 is 157 Å². The zero-order valence-corrected chi connectivity index (χ0v) is 85.7. The van der Waals surface area contributed by atoms with Gasteiger partial charge in [0.2, 0.25) is 17.7 Å². The second kappa shape index (κ2) is 65.1. The molecule has 3 amide bonds. The van der Waals surface area contributed by atoms with Crippen LogP contribution in [-0.2, 0) is 101 Å². The van der Waals surface area contributed by atoms with Crippen LogP contribution in [0.3, 0.4) is 0 Å². The van der Waals surface area contributed by atoms with Crippen LogP contribution in [0, 0.1) is 0 Å². The molecule has 790 valence electrons. The van der Waals surface area contributed by atoms with Crippen molar-refractivity contribution in [1.82, 2.24) is 16.0 Å². The fourth-order valence-electron chi connectivity index (χ4n) is 14.2. The first kappa shape index (κ1) is 127. The lowest BCUT2D eigenvalue weighted by Gasteiger charge is -2.49. The molecule has 0 radical (unpaired) electrons. The number of carbonyl (C=O) groups excluding carboxylic acids is 3. The summed E-state index contributed by atoms with van der Waals surface area (Å²) in [6.07, 6.45) is 8.99. The van der Waals surface area contributed by atoms with E-state index in [1.54, 1.807) is 6.92 Å². The van der Waals surface area contributed by atoms with Crippen molar-refractivity contribution in [1.29, 1.82) is 0 Å². The monoisotopic (exact) mass is 2050 g/mol. The molecule has 42 nitrogen and oxygen atoms in total. The molecule has 15 N–H and O–H groups in total. The van der Waals surface area contributed by atoms with E-state index in [1.165, 1.54) is 56.2 Å². The van der Waals surface area contributed by atoms with E-state index in [0.29, 0.717) is 18.4 Å². The number of carbonyl (C=O) groups is 3. The molecule has 0 aromatic heterocycles. The highest BCUT2D eigenvalue weighted by molar-refractivity contribution is 7.59. The van der Waals surface area contributed by atoms with Crippen LogP contribution >= 0.6 is 39.1 Å². The van der Waals surface area contributed by atoms with Crippen molar-refractivity contribution in [3.63, 3.8) is 0 Å². The Labute approximate surface area is 805 Å². The van der Waals surface area contributed by atoms with Gasteiger partial charge in [0.25, 0.3) is 39.1 Å². The summed E-state index contributed by atoms with van der Waals surface area (Å²) < 4.78 is 134. The van der Waals surface area contributed by atoms with Gasteiger partial charge in [-0.15, -0.1) is 0 Å². The first-order valence-corrected chi connectivity index (χ1v) is 53.1. The standard InChI is InChI=1S/C90H156N3O39P5/c1-57(2)26-16-27-58(3)28-17-29-59(4)30-18-31-60(5)32-19-33-61(6)34-20-35-62(7)36-21-37-63(8)38-22-39-64(9)40-23-41-65(10)42-24-43-66(11)44-25-45-67(12)46-47-119-136(115,116)132-137(117,118)131-90-80(93-70(15)100)84(107)86(75(50-96)127-90)129-89-79(92-69(14)99)85(108)87(76(51-97)126-89)130-135(113,114)123-55-72(102)54-121-133(109,110)120-52-71(101)53-122-134(111,112)124-56-77(81(104)73(103)48-94)128-88-78(91-68(13)98)83(106)82(105)74(49-95)125-88/h26,28,30,32,34,36,38,40,42,44,46,71-90,94-97,101-108H,16-25,27,29,31,33,35,37,39,41,43,45,47-56H2,1-15H3,(H,91,98)(H,92,99)(H,93,100)(H,109,110)(H,111,112)(H,113,114)(H,115,116)(H,117,118)/p-5/b58-28+,59-30+,60-32-,61-34-,62-36-,63-38-,64-40-,65-42-,66-44-,67-46-/t71-,72+,73+,74+,75+,76+,77-,78+,79+,80+,81+,82+,83+,84+,85+,86+,87+,88-,89-,90+/m0/s1. The van der Waals surface area contributed by atoms with Crippen LogP contribution in [0.25, 0.3) is 0 Å². The molecule has 0 aromatic rings. The summed E-state index contributed by atoms with van der Waals surface area (Å²) in [6, 6.07) is -5.76. The normalized spacial score (nSPS) is 26.8. The Morgan fingerprint density at radius 3 is 0.985 bits per heavy atom. The maximum atomic E-state index is 13.3. The van der Waals surface area contributed by atoms with Crippen LogP contribution in [0.2, 0.25) is 0 Å². The number of hydrogen-bond acceptors (Lipinski definition) is 39. The van der Waals surface area contributed by atoms with Crippen molar-refractivity contribution < 1.29 is 187 Å². The van der Waals surface area contributed by atoms with E-state index in [-0.39, 0.29) is 0 Å². The van der Waals surface area contributed by atoms with Crippen LogP contribution in [0.1, 0.15) is 232 Å². The molecule has 3 heterocycles. The van der Waals surface area contributed by atoms with E-state index in [4.69, 9.17) is 37.3 Å². The number of phosphoric acid groups is 5. The summed E-state index contributed by atoms with van der Waals surface area (Å²) in [5, 5.41) is 132. The van der Waals surface area contributed by atoms with Gasteiger partial charge in [-0.2, -0.15) is 0 Å². The summed E-state index contributed by atoms with van der Waals surface area (Å²) in [7, 11) is -29.2. The Bertz CT molecular complexity index is 4280. The number of amides is 3. The predicted octanol–water partition coefficient (Wildman–Crippen LogP) is 6.39. The third kappa shape index (κ3) is 52.7. The van der Waals surface area contributed by atoms with Gasteiger partial charge in [0, 0.05) is 20.8 Å². The molecule has 3 rings (SSSR count). The summed E-state index contributed by atoms with van der Waals surface area (Å²) in [6.45, 7) is 16.5. The second-order valence-electron chi connectivity index (χ2n) is 35.1. The lowest BCUT2D eigenvalue weighted by molar-refractivity contribution is -0.333. The highest BCUT2D eigenvalue weighted by Gasteiger charge is 2.54.